The molecule has 1 aliphatic carbocycles. The Labute approximate surface area is 124 Å². The fourth-order valence-electron chi connectivity index (χ4n) is 3.87. The van der Waals surface area contributed by atoms with E-state index in [1.165, 1.54) is 12.5 Å². The molecule has 4 heteroatoms. The Hall–Kier alpha value is -1.29. The Morgan fingerprint density at radius 2 is 1.62 bits per heavy atom. The molecule has 0 unspecified atom stereocenters. The minimum absolute atomic E-state index is 0.0270. The first-order chi connectivity index (χ1) is 10.1. The fourth-order valence-corrected chi connectivity index (χ4v) is 3.87. The number of rotatable bonds is 3. The van der Waals surface area contributed by atoms with Gasteiger partial charge >= 0.3 is 0 Å². The molecule has 0 aromatic heterocycles. The van der Waals surface area contributed by atoms with Gasteiger partial charge in [0.2, 0.25) is 0 Å². The molecule has 1 saturated carbocycles. The second-order valence-electron chi connectivity index (χ2n) is 6.24. The summed E-state index contributed by atoms with van der Waals surface area (Å²) in [5, 5.41) is 0. The zero-order chi connectivity index (χ0) is 14.9. The van der Waals surface area contributed by atoms with Crippen molar-refractivity contribution in [3.05, 3.63) is 35.4 Å². The van der Waals surface area contributed by atoms with Crippen molar-refractivity contribution in [3.63, 3.8) is 0 Å². The van der Waals surface area contributed by atoms with Crippen LogP contribution in [0.15, 0.2) is 18.2 Å². The number of carbonyl (C=O) groups excluding carboxylic acids is 1. The molecule has 1 saturated heterocycles. The molecule has 3 rings (SSSR count). The largest absolute Gasteiger partial charge is 0.292 e. The van der Waals surface area contributed by atoms with Gasteiger partial charge in [-0.05, 0) is 57.0 Å². The standard InChI is InChI=1S/C17H21F2NO/c18-14-7-6-13(12-15(14)19)16(21)17(8-2-3-9-17)20-10-4-1-5-11-20/h6-7,12H,1-5,8-11H2. The van der Waals surface area contributed by atoms with Crippen LogP contribution in [0.4, 0.5) is 8.78 Å². The lowest BCUT2D eigenvalue weighted by atomic mass is 9.84. The first-order valence-corrected chi connectivity index (χ1v) is 7.88. The van der Waals surface area contributed by atoms with Crippen LogP contribution in [0.2, 0.25) is 0 Å². The Bertz CT molecular complexity index is 532. The summed E-state index contributed by atoms with van der Waals surface area (Å²) in [6.45, 7) is 1.88. The second-order valence-corrected chi connectivity index (χ2v) is 6.24. The van der Waals surface area contributed by atoms with E-state index in [1.54, 1.807) is 0 Å². The molecule has 0 bridgehead atoms. The Morgan fingerprint density at radius 1 is 0.952 bits per heavy atom. The van der Waals surface area contributed by atoms with Crippen LogP contribution in [0, 0.1) is 11.6 Å². The number of carbonyl (C=O) groups is 1. The maximum Gasteiger partial charge on any atom is 0.183 e. The molecule has 0 radical (unpaired) electrons. The van der Waals surface area contributed by atoms with E-state index < -0.39 is 17.2 Å². The summed E-state index contributed by atoms with van der Waals surface area (Å²) < 4.78 is 26.5. The topological polar surface area (TPSA) is 20.3 Å². The highest BCUT2D eigenvalue weighted by molar-refractivity contribution is 6.03. The van der Waals surface area contributed by atoms with Crippen molar-refractivity contribution in [2.24, 2.45) is 0 Å². The maximum atomic E-state index is 13.5. The minimum atomic E-state index is -0.937. The normalized spacial score (nSPS) is 22.4. The summed E-state index contributed by atoms with van der Waals surface area (Å²) in [6.07, 6.45) is 7.19. The molecule has 1 heterocycles. The lowest BCUT2D eigenvalue weighted by Crippen LogP contribution is -2.54. The average molecular weight is 293 g/mol. The van der Waals surface area contributed by atoms with Gasteiger partial charge < -0.3 is 0 Å². The summed E-state index contributed by atoms with van der Waals surface area (Å²) in [4.78, 5) is 15.3. The molecule has 2 nitrogen and oxygen atoms in total. The summed E-state index contributed by atoms with van der Waals surface area (Å²) in [6, 6.07) is 3.54. The van der Waals surface area contributed by atoms with Gasteiger partial charge in [-0.3, -0.25) is 9.69 Å². The van der Waals surface area contributed by atoms with Gasteiger partial charge in [-0.15, -0.1) is 0 Å². The van der Waals surface area contributed by atoms with Gasteiger partial charge in [0, 0.05) is 5.56 Å². The van der Waals surface area contributed by atoms with E-state index in [9.17, 15) is 13.6 Å². The molecule has 1 aliphatic heterocycles. The maximum absolute atomic E-state index is 13.5. The molecule has 1 aromatic carbocycles. The van der Waals surface area contributed by atoms with Gasteiger partial charge in [-0.25, -0.2) is 8.78 Å². The monoisotopic (exact) mass is 293 g/mol. The molecule has 0 spiro atoms. The first kappa shape index (κ1) is 14.6. The number of hydrogen-bond acceptors (Lipinski definition) is 2. The van der Waals surface area contributed by atoms with E-state index in [0.29, 0.717) is 5.56 Å². The predicted molar refractivity (Wildman–Crippen MR) is 77.3 cm³/mol. The molecule has 114 valence electrons. The lowest BCUT2D eigenvalue weighted by molar-refractivity contribution is 0.0477. The molecule has 0 amide bonds. The summed E-state index contributed by atoms with van der Waals surface area (Å²) in [5.74, 6) is -1.86. The SMILES string of the molecule is O=C(c1ccc(F)c(F)c1)C1(N2CCCCC2)CCCC1. The van der Waals surface area contributed by atoms with Crippen molar-refractivity contribution in [3.8, 4) is 0 Å². The van der Waals surface area contributed by atoms with Gasteiger partial charge in [0.1, 0.15) is 0 Å². The van der Waals surface area contributed by atoms with Crippen molar-refractivity contribution in [2.75, 3.05) is 13.1 Å². The number of hydrogen-bond donors (Lipinski definition) is 0. The number of Topliss-reactive ketones (excluding diaryl/α,β-unsaturated/α-hetero) is 1. The van der Waals surface area contributed by atoms with Gasteiger partial charge in [0.25, 0.3) is 0 Å². The number of likely N-dealkylation sites (tertiary alicyclic amines) is 1. The van der Waals surface area contributed by atoms with Crippen LogP contribution in [-0.4, -0.2) is 29.3 Å². The number of nitrogens with zero attached hydrogens (tertiary/aromatic N) is 1. The van der Waals surface area contributed by atoms with Crippen molar-refractivity contribution in [1.82, 2.24) is 4.90 Å². The third-order valence-electron chi connectivity index (χ3n) is 5.00. The zero-order valence-electron chi connectivity index (χ0n) is 12.2. The predicted octanol–water partition coefficient (Wildman–Crippen LogP) is 3.95. The molecule has 1 aromatic rings. The van der Waals surface area contributed by atoms with Gasteiger partial charge in [-0.2, -0.15) is 0 Å². The Balaban J connectivity index is 1.92. The minimum Gasteiger partial charge on any atom is -0.292 e. The van der Waals surface area contributed by atoms with Crippen molar-refractivity contribution in [1.29, 1.82) is 0 Å². The molecule has 21 heavy (non-hydrogen) atoms. The molecular formula is C17H21F2NO. The van der Waals surface area contributed by atoms with Crippen LogP contribution in [0.1, 0.15) is 55.3 Å². The summed E-state index contributed by atoms with van der Waals surface area (Å²) in [5.41, 5.74) is -0.175. The summed E-state index contributed by atoms with van der Waals surface area (Å²) >= 11 is 0. The number of ketones is 1. The van der Waals surface area contributed by atoms with Crippen LogP contribution >= 0.6 is 0 Å². The quantitative estimate of drug-likeness (QED) is 0.787. The Morgan fingerprint density at radius 3 is 2.24 bits per heavy atom. The van der Waals surface area contributed by atoms with E-state index in [2.05, 4.69) is 4.90 Å². The smallest absolute Gasteiger partial charge is 0.183 e. The van der Waals surface area contributed by atoms with E-state index in [4.69, 9.17) is 0 Å². The highest BCUT2D eigenvalue weighted by Crippen LogP contribution is 2.39. The van der Waals surface area contributed by atoms with Crippen molar-refractivity contribution >= 4 is 5.78 Å². The van der Waals surface area contributed by atoms with Crippen molar-refractivity contribution in [2.45, 2.75) is 50.5 Å². The third kappa shape index (κ3) is 2.61. The lowest BCUT2D eigenvalue weighted by Gasteiger charge is -2.42. The van der Waals surface area contributed by atoms with Crippen LogP contribution in [0.25, 0.3) is 0 Å². The fraction of sp³-hybridized carbons (Fsp3) is 0.588. The van der Waals surface area contributed by atoms with E-state index in [-0.39, 0.29) is 5.78 Å². The molecular weight excluding hydrogens is 272 g/mol. The van der Waals surface area contributed by atoms with Crippen molar-refractivity contribution < 1.29 is 13.6 Å². The highest BCUT2D eigenvalue weighted by atomic mass is 19.2. The molecule has 0 N–H and O–H groups in total. The van der Waals surface area contributed by atoms with Crippen LogP contribution in [-0.2, 0) is 0 Å². The molecule has 2 aliphatic rings. The second kappa shape index (κ2) is 5.84. The first-order valence-electron chi connectivity index (χ1n) is 7.88. The number of benzene rings is 1. The Kier molecular flexibility index (Phi) is 4.07. The van der Waals surface area contributed by atoms with Crippen LogP contribution < -0.4 is 0 Å². The highest BCUT2D eigenvalue weighted by Gasteiger charge is 2.46. The van der Waals surface area contributed by atoms with E-state index >= 15 is 0 Å². The van der Waals surface area contributed by atoms with E-state index in [0.717, 1.165) is 63.7 Å². The van der Waals surface area contributed by atoms with Gasteiger partial charge in [0.05, 0.1) is 5.54 Å². The van der Waals surface area contributed by atoms with Gasteiger partial charge in [0.15, 0.2) is 17.4 Å². The zero-order valence-corrected chi connectivity index (χ0v) is 12.2. The molecule has 2 fully saturated rings. The number of halogens is 2. The van der Waals surface area contributed by atoms with E-state index in [1.807, 2.05) is 0 Å². The van der Waals surface area contributed by atoms with Crippen LogP contribution in [0.3, 0.4) is 0 Å². The average Bonchev–Trinajstić information content (AvgIpc) is 3.01. The van der Waals surface area contributed by atoms with Crippen LogP contribution in [0.5, 0.6) is 0 Å². The van der Waals surface area contributed by atoms with Gasteiger partial charge in [-0.1, -0.05) is 19.3 Å². The third-order valence-corrected chi connectivity index (χ3v) is 5.00. The number of piperidine rings is 1. The molecule has 0 atom stereocenters. The summed E-state index contributed by atoms with van der Waals surface area (Å²) in [7, 11) is 0.